The summed E-state index contributed by atoms with van der Waals surface area (Å²) in [6, 6.07) is 11.7. The van der Waals surface area contributed by atoms with Gasteiger partial charge in [0.05, 0.1) is 17.2 Å². The number of nitriles is 1. The average molecular weight is 445 g/mol. The minimum Gasteiger partial charge on any atom is -0.489 e. The zero-order chi connectivity index (χ0) is 23.9. The summed E-state index contributed by atoms with van der Waals surface area (Å²) in [6.45, 7) is 7.64. The lowest BCUT2D eigenvalue weighted by Crippen LogP contribution is -2.74. The van der Waals surface area contributed by atoms with Crippen LogP contribution in [-0.2, 0) is 6.18 Å². The molecule has 32 heavy (non-hydrogen) atoms. The summed E-state index contributed by atoms with van der Waals surface area (Å²) in [7, 11) is 1.79. The third kappa shape index (κ3) is 4.12. The Hall–Kier alpha value is -3.21. The van der Waals surface area contributed by atoms with Gasteiger partial charge in [-0.3, -0.25) is 4.79 Å². The van der Waals surface area contributed by atoms with E-state index in [-0.39, 0.29) is 17.7 Å². The molecule has 0 bridgehead atoms. The first kappa shape index (κ1) is 23.5. The number of rotatable bonds is 5. The van der Waals surface area contributed by atoms with Gasteiger partial charge in [-0.1, -0.05) is 27.7 Å². The lowest BCUT2D eigenvalue weighted by atomic mass is 9.49. The number of hydrogen-bond acceptors (Lipinski definition) is 4. The maximum atomic E-state index is 13.3. The molecular formula is C24H26F3N3O2. The van der Waals surface area contributed by atoms with E-state index in [2.05, 4.69) is 10.6 Å². The van der Waals surface area contributed by atoms with Crippen LogP contribution in [0.25, 0.3) is 0 Å². The Kier molecular flexibility index (Phi) is 5.90. The molecule has 3 rings (SSSR count). The minimum absolute atomic E-state index is 0.0369. The fourth-order valence-corrected chi connectivity index (χ4v) is 4.87. The van der Waals surface area contributed by atoms with Gasteiger partial charge in [0.15, 0.2) is 0 Å². The largest absolute Gasteiger partial charge is 0.489 e. The van der Waals surface area contributed by atoms with E-state index >= 15 is 0 Å². The number of nitrogens with one attached hydrogen (secondary N) is 2. The minimum atomic E-state index is -4.66. The van der Waals surface area contributed by atoms with Crippen molar-refractivity contribution in [2.45, 2.75) is 46.0 Å². The molecule has 0 radical (unpaired) electrons. The second kappa shape index (κ2) is 8.05. The first-order chi connectivity index (χ1) is 14.8. The van der Waals surface area contributed by atoms with Crippen molar-refractivity contribution in [3.05, 3.63) is 59.2 Å². The van der Waals surface area contributed by atoms with Gasteiger partial charge < -0.3 is 15.4 Å². The van der Waals surface area contributed by atoms with Gasteiger partial charge in [0, 0.05) is 35.2 Å². The first-order valence-electron chi connectivity index (χ1n) is 10.2. The predicted octanol–water partition coefficient (Wildman–Crippen LogP) is 5.23. The molecule has 2 aromatic rings. The molecule has 2 N–H and O–H groups in total. The fraction of sp³-hybridized carbons (Fsp3) is 0.417. The topological polar surface area (TPSA) is 74.2 Å². The standard InChI is InChI=1S/C24H26F3N3O2/c1-22(2)20(30-19(31)14-6-9-16(29-5)10-7-14)23(3,4)21(22)32-17-11-8-15(13-28)18(12-17)24(25,26)27/h6-12,20-21,29H,1-5H3,(H,30,31)/t20-,21-. The highest BCUT2D eigenvalue weighted by atomic mass is 19.4. The predicted molar refractivity (Wildman–Crippen MR) is 115 cm³/mol. The Morgan fingerprint density at radius 1 is 1.06 bits per heavy atom. The third-order valence-electron chi connectivity index (χ3n) is 6.22. The zero-order valence-electron chi connectivity index (χ0n) is 18.6. The molecule has 5 nitrogen and oxygen atoms in total. The SMILES string of the molecule is CNc1ccc(C(=O)N[C@H]2C(C)(C)[C@H](Oc3ccc(C#N)c(C(F)(F)F)c3)C2(C)C)cc1. The average Bonchev–Trinajstić information content (AvgIpc) is 2.74. The molecule has 0 aromatic heterocycles. The summed E-state index contributed by atoms with van der Waals surface area (Å²) in [4.78, 5) is 12.8. The number of anilines is 1. The van der Waals surface area contributed by atoms with E-state index in [1.807, 2.05) is 27.7 Å². The van der Waals surface area contributed by atoms with Crippen LogP contribution in [0.3, 0.4) is 0 Å². The Balaban J connectivity index is 1.79. The highest BCUT2D eigenvalue weighted by Crippen LogP contribution is 2.55. The molecule has 0 aliphatic heterocycles. The van der Waals surface area contributed by atoms with Gasteiger partial charge in [-0.15, -0.1) is 0 Å². The molecular weight excluding hydrogens is 419 g/mol. The zero-order valence-corrected chi connectivity index (χ0v) is 18.6. The Bertz CT molecular complexity index is 1040. The summed E-state index contributed by atoms with van der Waals surface area (Å²) < 4.78 is 45.9. The van der Waals surface area contributed by atoms with Gasteiger partial charge >= 0.3 is 6.18 Å². The Labute approximate surface area is 185 Å². The van der Waals surface area contributed by atoms with Gasteiger partial charge in [0.25, 0.3) is 5.91 Å². The number of carbonyl (C=O) groups excluding carboxylic acids is 1. The smallest absolute Gasteiger partial charge is 0.417 e. The highest BCUT2D eigenvalue weighted by molar-refractivity contribution is 5.95. The van der Waals surface area contributed by atoms with Crippen LogP contribution in [0, 0.1) is 22.2 Å². The number of ether oxygens (including phenoxy) is 1. The molecule has 2 aromatic carbocycles. The van der Waals surface area contributed by atoms with Crippen molar-refractivity contribution in [2.75, 3.05) is 12.4 Å². The van der Waals surface area contributed by atoms with E-state index in [4.69, 9.17) is 10.00 Å². The molecule has 1 amide bonds. The summed E-state index contributed by atoms with van der Waals surface area (Å²) in [5.74, 6) is -0.190. The lowest BCUT2D eigenvalue weighted by molar-refractivity contribution is -0.164. The monoisotopic (exact) mass is 445 g/mol. The lowest BCUT2D eigenvalue weighted by Gasteiger charge is -2.63. The number of alkyl halides is 3. The number of carbonyl (C=O) groups is 1. The van der Waals surface area contributed by atoms with Crippen molar-refractivity contribution in [3.8, 4) is 11.8 Å². The van der Waals surface area contributed by atoms with Crippen molar-refractivity contribution >= 4 is 11.6 Å². The van der Waals surface area contributed by atoms with Crippen LogP contribution in [0.4, 0.5) is 18.9 Å². The number of halogens is 3. The Morgan fingerprint density at radius 3 is 2.16 bits per heavy atom. The van der Waals surface area contributed by atoms with Crippen molar-refractivity contribution in [1.82, 2.24) is 5.32 Å². The van der Waals surface area contributed by atoms with E-state index in [0.29, 0.717) is 5.56 Å². The quantitative estimate of drug-likeness (QED) is 0.661. The molecule has 0 spiro atoms. The van der Waals surface area contributed by atoms with Gasteiger partial charge in [0.1, 0.15) is 11.9 Å². The summed E-state index contributed by atoms with van der Waals surface area (Å²) in [6.07, 6.45) is -5.12. The molecule has 8 heteroatoms. The van der Waals surface area contributed by atoms with Gasteiger partial charge in [0.2, 0.25) is 0 Å². The van der Waals surface area contributed by atoms with Crippen LogP contribution < -0.4 is 15.4 Å². The van der Waals surface area contributed by atoms with E-state index < -0.39 is 34.2 Å². The van der Waals surface area contributed by atoms with E-state index in [1.54, 1.807) is 37.4 Å². The van der Waals surface area contributed by atoms with Crippen molar-refractivity contribution in [3.63, 3.8) is 0 Å². The van der Waals surface area contributed by atoms with Crippen molar-refractivity contribution < 1.29 is 22.7 Å². The number of amides is 1. The van der Waals surface area contributed by atoms with Crippen LogP contribution in [0.2, 0.25) is 0 Å². The molecule has 0 heterocycles. The van der Waals surface area contributed by atoms with Crippen LogP contribution in [-0.4, -0.2) is 25.1 Å². The van der Waals surface area contributed by atoms with E-state index in [9.17, 15) is 18.0 Å². The summed E-state index contributed by atoms with van der Waals surface area (Å²) >= 11 is 0. The second-order valence-electron chi connectivity index (χ2n) is 9.19. The normalized spacial score (nSPS) is 21.1. The van der Waals surface area contributed by atoms with Gasteiger partial charge in [-0.2, -0.15) is 18.4 Å². The first-order valence-corrected chi connectivity index (χ1v) is 10.2. The summed E-state index contributed by atoms with van der Waals surface area (Å²) in [5, 5.41) is 15.0. The molecule has 0 unspecified atom stereocenters. The van der Waals surface area contributed by atoms with Crippen LogP contribution in [0.15, 0.2) is 42.5 Å². The van der Waals surface area contributed by atoms with Gasteiger partial charge in [-0.05, 0) is 42.5 Å². The van der Waals surface area contributed by atoms with Crippen LogP contribution >= 0.6 is 0 Å². The summed E-state index contributed by atoms with van der Waals surface area (Å²) in [5.41, 5.74) is -1.16. The highest BCUT2D eigenvalue weighted by Gasteiger charge is 2.64. The maximum absolute atomic E-state index is 13.3. The molecule has 1 fully saturated rings. The molecule has 170 valence electrons. The molecule has 1 saturated carbocycles. The van der Waals surface area contributed by atoms with Gasteiger partial charge in [-0.25, -0.2) is 0 Å². The van der Waals surface area contributed by atoms with Crippen LogP contribution in [0.5, 0.6) is 5.75 Å². The van der Waals surface area contributed by atoms with Crippen molar-refractivity contribution in [1.29, 1.82) is 5.26 Å². The molecule has 0 atom stereocenters. The number of hydrogen-bond donors (Lipinski definition) is 2. The maximum Gasteiger partial charge on any atom is 0.417 e. The van der Waals surface area contributed by atoms with E-state index in [0.717, 1.165) is 17.8 Å². The van der Waals surface area contributed by atoms with E-state index in [1.165, 1.54) is 6.07 Å². The fourth-order valence-electron chi connectivity index (χ4n) is 4.87. The molecule has 1 aliphatic rings. The third-order valence-corrected chi connectivity index (χ3v) is 6.22. The Morgan fingerprint density at radius 2 is 1.66 bits per heavy atom. The van der Waals surface area contributed by atoms with Crippen molar-refractivity contribution in [2.24, 2.45) is 10.8 Å². The number of benzene rings is 2. The molecule has 1 aliphatic carbocycles. The second-order valence-corrected chi connectivity index (χ2v) is 9.19. The molecule has 0 saturated heterocycles. The number of nitrogens with zero attached hydrogens (tertiary/aromatic N) is 1. The van der Waals surface area contributed by atoms with Crippen LogP contribution in [0.1, 0.15) is 49.2 Å².